The quantitative estimate of drug-likeness (QED) is 0.489. The summed E-state index contributed by atoms with van der Waals surface area (Å²) in [6.07, 6.45) is 0. The molecule has 0 bridgehead atoms. The molecule has 0 spiro atoms. The normalized spacial score (nSPS) is 10.4. The average Bonchev–Trinajstić information content (AvgIpc) is 3.28. The first-order valence-corrected chi connectivity index (χ1v) is 9.39. The van der Waals surface area contributed by atoms with E-state index in [1.807, 2.05) is 30.3 Å². The molecule has 4 aromatic rings. The van der Waals surface area contributed by atoms with Crippen LogP contribution in [0, 0.1) is 0 Å². The third-order valence-electron chi connectivity index (χ3n) is 4.44. The maximum absolute atomic E-state index is 12.8. The first-order valence-electron chi connectivity index (χ1n) is 9.39. The second kappa shape index (κ2) is 8.91. The highest BCUT2D eigenvalue weighted by molar-refractivity contribution is 6.12. The van der Waals surface area contributed by atoms with Crippen LogP contribution in [0.15, 0.2) is 83.3 Å². The Kier molecular flexibility index (Phi) is 5.70. The summed E-state index contributed by atoms with van der Waals surface area (Å²) in [5.74, 6) is 0.0868. The molecule has 8 nitrogen and oxygen atoms in total. The van der Waals surface area contributed by atoms with Crippen molar-refractivity contribution in [3.8, 4) is 17.2 Å². The fourth-order valence-corrected chi connectivity index (χ4v) is 2.86. The lowest BCUT2D eigenvalue weighted by molar-refractivity contribution is 0.102. The zero-order valence-electron chi connectivity index (χ0n) is 16.5. The summed E-state index contributed by atoms with van der Waals surface area (Å²) in [7, 11) is 1.55. The van der Waals surface area contributed by atoms with E-state index >= 15 is 0 Å². The van der Waals surface area contributed by atoms with E-state index in [1.165, 1.54) is 0 Å². The van der Waals surface area contributed by atoms with Crippen molar-refractivity contribution in [3.05, 3.63) is 90.0 Å². The van der Waals surface area contributed by atoms with Crippen molar-refractivity contribution in [1.29, 1.82) is 0 Å². The Morgan fingerprint density at radius 1 is 0.806 bits per heavy atom. The predicted molar refractivity (Wildman–Crippen MR) is 115 cm³/mol. The van der Waals surface area contributed by atoms with Crippen molar-refractivity contribution >= 4 is 23.5 Å². The van der Waals surface area contributed by atoms with Crippen molar-refractivity contribution < 1.29 is 18.7 Å². The van der Waals surface area contributed by atoms with Gasteiger partial charge in [-0.1, -0.05) is 35.4 Å². The average molecular weight is 414 g/mol. The largest absolute Gasteiger partial charge is 0.497 e. The fraction of sp³-hybridized carbons (Fsp3) is 0.0435. The minimum atomic E-state index is -0.492. The van der Waals surface area contributed by atoms with Crippen molar-refractivity contribution in [1.82, 2.24) is 10.2 Å². The number of anilines is 2. The number of nitrogens with zero attached hydrogens (tertiary/aromatic N) is 2. The molecule has 0 aliphatic carbocycles. The number of benzene rings is 3. The van der Waals surface area contributed by atoms with Gasteiger partial charge in [0, 0.05) is 11.1 Å². The molecule has 0 fully saturated rings. The maximum Gasteiger partial charge on any atom is 0.322 e. The Bertz CT molecular complexity index is 1200. The smallest absolute Gasteiger partial charge is 0.322 e. The van der Waals surface area contributed by atoms with Gasteiger partial charge in [0.05, 0.1) is 18.4 Å². The lowest BCUT2D eigenvalue weighted by Crippen LogP contribution is -2.18. The van der Waals surface area contributed by atoms with Crippen molar-refractivity contribution in [2.24, 2.45) is 0 Å². The number of hydrogen-bond donors (Lipinski definition) is 2. The lowest BCUT2D eigenvalue weighted by Gasteiger charge is -2.10. The molecule has 0 unspecified atom stereocenters. The van der Waals surface area contributed by atoms with Crippen LogP contribution < -0.4 is 15.4 Å². The number of para-hydroxylation sites is 1. The molecule has 0 atom stereocenters. The van der Waals surface area contributed by atoms with E-state index in [4.69, 9.17) is 9.15 Å². The van der Waals surface area contributed by atoms with Crippen molar-refractivity contribution in [3.63, 3.8) is 0 Å². The third-order valence-corrected chi connectivity index (χ3v) is 4.44. The van der Waals surface area contributed by atoms with Crippen LogP contribution in [0.2, 0.25) is 0 Å². The summed E-state index contributed by atoms with van der Waals surface area (Å²) in [4.78, 5) is 25.4. The molecule has 8 heteroatoms. The molecule has 2 amide bonds. The van der Waals surface area contributed by atoms with Gasteiger partial charge in [-0.25, -0.2) is 0 Å². The van der Waals surface area contributed by atoms with Gasteiger partial charge in [0.25, 0.3) is 11.8 Å². The van der Waals surface area contributed by atoms with Crippen molar-refractivity contribution in [2.75, 3.05) is 17.7 Å². The van der Waals surface area contributed by atoms with Crippen molar-refractivity contribution in [2.45, 2.75) is 0 Å². The molecule has 0 saturated heterocycles. The number of carbonyl (C=O) groups is 2. The standard InChI is InChI=1S/C23H18N4O4/c1-30-17-13-11-15(12-14-17)20(28)24-19-10-6-5-9-18(19)21(29)25-23-27-26-22(31-23)16-7-3-2-4-8-16/h2-14H,1H3,(H,24,28)(H,25,27,29). The first-order chi connectivity index (χ1) is 15.1. The van der Waals surface area contributed by atoms with Gasteiger partial charge in [-0.3, -0.25) is 14.9 Å². The fourth-order valence-electron chi connectivity index (χ4n) is 2.86. The van der Waals surface area contributed by atoms with E-state index in [1.54, 1.807) is 55.6 Å². The highest BCUT2D eigenvalue weighted by atomic mass is 16.5. The summed E-state index contributed by atoms with van der Waals surface area (Å²) in [6, 6.07) is 22.5. The molecule has 1 heterocycles. The van der Waals surface area contributed by atoms with Gasteiger partial charge < -0.3 is 14.5 Å². The molecule has 4 rings (SSSR count). The molecule has 0 aliphatic heterocycles. The monoisotopic (exact) mass is 414 g/mol. The van der Waals surface area contributed by atoms with E-state index in [0.29, 0.717) is 17.0 Å². The molecular weight excluding hydrogens is 396 g/mol. The number of amides is 2. The summed E-state index contributed by atoms with van der Waals surface area (Å²) in [6.45, 7) is 0. The number of rotatable bonds is 6. The lowest BCUT2D eigenvalue weighted by atomic mass is 10.1. The highest BCUT2D eigenvalue weighted by Gasteiger charge is 2.17. The van der Waals surface area contributed by atoms with Gasteiger partial charge in [-0.05, 0) is 48.5 Å². The second-order valence-electron chi connectivity index (χ2n) is 6.46. The van der Waals surface area contributed by atoms with E-state index in [-0.39, 0.29) is 23.4 Å². The minimum Gasteiger partial charge on any atom is -0.497 e. The van der Waals surface area contributed by atoms with E-state index in [2.05, 4.69) is 20.8 Å². The van der Waals surface area contributed by atoms with Gasteiger partial charge in [-0.2, -0.15) is 0 Å². The van der Waals surface area contributed by atoms with Crippen LogP contribution in [0.1, 0.15) is 20.7 Å². The Hall–Kier alpha value is -4.46. The summed E-state index contributed by atoms with van der Waals surface area (Å²) >= 11 is 0. The molecule has 1 aromatic heterocycles. The molecule has 31 heavy (non-hydrogen) atoms. The summed E-state index contributed by atoms with van der Waals surface area (Å²) in [5, 5.41) is 13.1. The zero-order valence-corrected chi connectivity index (χ0v) is 16.5. The number of hydrogen-bond acceptors (Lipinski definition) is 6. The van der Waals surface area contributed by atoms with Crippen LogP contribution in [-0.4, -0.2) is 29.1 Å². The van der Waals surface area contributed by atoms with Gasteiger partial charge in [-0.15, -0.1) is 5.10 Å². The molecule has 2 N–H and O–H groups in total. The SMILES string of the molecule is COc1ccc(C(=O)Nc2ccccc2C(=O)Nc2nnc(-c3ccccc3)o2)cc1. The third kappa shape index (κ3) is 4.59. The summed E-state index contributed by atoms with van der Waals surface area (Å²) in [5.41, 5.74) is 1.77. The van der Waals surface area contributed by atoms with Gasteiger partial charge in [0.1, 0.15) is 5.75 Å². The highest BCUT2D eigenvalue weighted by Crippen LogP contribution is 2.22. The molecular formula is C23H18N4O4. The maximum atomic E-state index is 12.8. The van der Waals surface area contributed by atoms with E-state index in [0.717, 1.165) is 5.56 Å². The van der Waals surface area contributed by atoms with Crippen LogP contribution in [0.25, 0.3) is 11.5 Å². The molecule has 0 saturated carbocycles. The van der Waals surface area contributed by atoms with Crippen LogP contribution >= 0.6 is 0 Å². The van der Waals surface area contributed by atoms with Gasteiger partial charge >= 0.3 is 6.01 Å². The minimum absolute atomic E-state index is 0.0415. The molecule has 0 radical (unpaired) electrons. The number of ether oxygens (including phenoxy) is 1. The first kappa shape index (κ1) is 19.8. The van der Waals surface area contributed by atoms with Crippen LogP contribution in [0.3, 0.4) is 0 Å². The zero-order chi connectivity index (χ0) is 21.6. The number of aromatic nitrogens is 2. The van der Waals surface area contributed by atoms with Crippen LogP contribution in [0.4, 0.5) is 11.7 Å². The topological polar surface area (TPSA) is 106 Å². The molecule has 0 aliphatic rings. The van der Waals surface area contributed by atoms with Gasteiger partial charge in [0.15, 0.2) is 0 Å². The Labute approximate surface area is 177 Å². The number of carbonyl (C=O) groups excluding carboxylic acids is 2. The second-order valence-corrected chi connectivity index (χ2v) is 6.46. The Morgan fingerprint density at radius 3 is 2.26 bits per heavy atom. The van der Waals surface area contributed by atoms with Crippen LogP contribution in [-0.2, 0) is 0 Å². The van der Waals surface area contributed by atoms with E-state index in [9.17, 15) is 9.59 Å². The molecule has 3 aromatic carbocycles. The van der Waals surface area contributed by atoms with E-state index < -0.39 is 5.91 Å². The Morgan fingerprint density at radius 2 is 1.52 bits per heavy atom. The number of nitrogens with one attached hydrogen (secondary N) is 2. The number of methoxy groups -OCH3 is 1. The predicted octanol–water partition coefficient (Wildman–Crippen LogP) is 4.25. The van der Waals surface area contributed by atoms with Crippen LogP contribution in [0.5, 0.6) is 5.75 Å². The molecule has 154 valence electrons. The Balaban J connectivity index is 1.49. The van der Waals surface area contributed by atoms with Gasteiger partial charge in [0.2, 0.25) is 5.89 Å². The summed E-state index contributed by atoms with van der Waals surface area (Å²) < 4.78 is 10.6.